The van der Waals surface area contributed by atoms with E-state index in [1.54, 1.807) is 30.6 Å². The summed E-state index contributed by atoms with van der Waals surface area (Å²) in [5.74, 6) is 0.454. The van der Waals surface area contributed by atoms with Gasteiger partial charge in [0.2, 0.25) is 5.95 Å². The fourth-order valence-corrected chi connectivity index (χ4v) is 2.90. The van der Waals surface area contributed by atoms with Crippen LogP contribution < -0.4 is 5.32 Å². The highest BCUT2D eigenvalue weighted by Crippen LogP contribution is 2.29. The van der Waals surface area contributed by atoms with E-state index in [0.29, 0.717) is 21.7 Å². The molecule has 3 heterocycles. The number of H-pyrrole nitrogens is 1. The lowest BCUT2D eigenvalue weighted by Crippen LogP contribution is -1.98. The van der Waals surface area contributed by atoms with Gasteiger partial charge in [-0.1, -0.05) is 23.2 Å². The number of halogens is 2. The summed E-state index contributed by atoms with van der Waals surface area (Å²) < 4.78 is 0. The number of anilines is 2. The van der Waals surface area contributed by atoms with Gasteiger partial charge in [-0.15, -0.1) is 0 Å². The number of nitrogens with zero attached hydrogens (tertiary/aromatic N) is 3. The van der Waals surface area contributed by atoms with Crippen molar-refractivity contribution in [2.75, 3.05) is 5.32 Å². The predicted molar refractivity (Wildman–Crippen MR) is 96.9 cm³/mol. The Kier molecular flexibility index (Phi) is 3.80. The molecule has 0 unspecified atom stereocenters. The largest absolute Gasteiger partial charge is 0.345 e. The summed E-state index contributed by atoms with van der Waals surface area (Å²) in [7, 11) is 0. The Bertz CT molecular complexity index is 1030. The van der Waals surface area contributed by atoms with E-state index in [1.165, 1.54) is 0 Å². The summed E-state index contributed by atoms with van der Waals surface area (Å²) in [4.78, 5) is 16.2. The molecule has 5 nitrogen and oxygen atoms in total. The van der Waals surface area contributed by atoms with Gasteiger partial charge in [-0.3, -0.25) is 0 Å². The van der Waals surface area contributed by atoms with Crippen molar-refractivity contribution in [2.45, 2.75) is 0 Å². The smallest absolute Gasteiger partial charge is 0.227 e. The van der Waals surface area contributed by atoms with Crippen molar-refractivity contribution in [3.63, 3.8) is 0 Å². The quantitative estimate of drug-likeness (QED) is 0.538. The molecule has 3 aromatic heterocycles. The number of fused-ring (bicyclic) bond motifs is 1. The van der Waals surface area contributed by atoms with Crippen LogP contribution in [0.1, 0.15) is 0 Å². The molecule has 0 radical (unpaired) electrons. The third-order valence-corrected chi connectivity index (χ3v) is 4.11. The van der Waals surface area contributed by atoms with Gasteiger partial charge in [0.25, 0.3) is 0 Å². The molecular weight excluding hydrogens is 345 g/mol. The number of benzene rings is 1. The van der Waals surface area contributed by atoms with Crippen molar-refractivity contribution in [3.8, 4) is 11.3 Å². The van der Waals surface area contributed by atoms with Gasteiger partial charge in [-0.25, -0.2) is 15.0 Å². The Labute approximate surface area is 147 Å². The lowest BCUT2D eigenvalue weighted by Gasteiger charge is -2.08. The molecule has 0 saturated heterocycles. The fraction of sp³-hybridized carbons (Fsp3) is 0. The monoisotopic (exact) mass is 355 g/mol. The summed E-state index contributed by atoms with van der Waals surface area (Å²) in [6.45, 7) is 0. The molecule has 7 heteroatoms. The van der Waals surface area contributed by atoms with Gasteiger partial charge < -0.3 is 10.3 Å². The topological polar surface area (TPSA) is 66.5 Å². The summed E-state index contributed by atoms with van der Waals surface area (Å²) in [5, 5.41) is 5.20. The Morgan fingerprint density at radius 1 is 1.00 bits per heavy atom. The molecule has 0 bridgehead atoms. The molecule has 0 amide bonds. The van der Waals surface area contributed by atoms with Crippen LogP contribution in [0, 0.1) is 0 Å². The van der Waals surface area contributed by atoms with Gasteiger partial charge in [-0.2, -0.15) is 0 Å². The number of aromatic amines is 1. The van der Waals surface area contributed by atoms with Crippen LogP contribution in [-0.4, -0.2) is 19.9 Å². The molecule has 0 spiro atoms. The van der Waals surface area contributed by atoms with Crippen molar-refractivity contribution >= 4 is 45.9 Å². The van der Waals surface area contributed by atoms with Crippen molar-refractivity contribution in [3.05, 3.63) is 65.0 Å². The van der Waals surface area contributed by atoms with Crippen LogP contribution in [0.5, 0.6) is 0 Å². The van der Waals surface area contributed by atoms with Crippen LogP contribution in [0.25, 0.3) is 22.3 Å². The number of pyridine rings is 1. The Morgan fingerprint density at radius 2 is 1.92 bits per heavy atom. The molecule has 118 valence electrons. The van der Waals surface area contributed by atoms with Crippen LogP contribution in [0.15, 0.2) is 55.0 Å². The number of hydrogen-bond acceptors (Lipinski definition) is 4. The fourth-order valence-electron chi connectivity index (χ4n) is 2.45. The standard InChI is InChI=1S/C17H11Cl2N5/c18-10-3-4-15(13(19)8-10)24-17-21-7-5-14(23-17)12-9-22-16-11(12)2-1-6-20-16/h1-9H,(H,20,22)(H,21,23,24). The van der Waals surface area contributed by atoms with Crippen molar-refractivity contribution in [1.29, 1.82) is 0 Å². The summed E-state index contributed by atoms with van der Waals surface area (Å²) in [6, 6.07) is 11.0. The molecule has 0 aliphatic carbocycles. The second kappa shape index (κ2) is 6.11. The minimum absolute atomic E-state index is 0.454. The normalized spacial score (nSPS) is 10.9. The van der Waals surface area contributed by atoms with Gasteiger partial charge in [-0.05, 0) is 36.4 Å². The Balaban J connectivity index is 1.71. The lowest BCUT2D eigenvalue weighted by atomic mass is 10.1. The molecule has 4 aromatic rings. The molecular formula is C17H11Cl2N5. The van der Waals surface area contributed by atoms with Gasteiger partial charge in [0.05, 0.1) is 16.4 Å². The third kappa shape index (κ3) is 2.79. The van der Waals surface area contributed by atoms with Gasteiger partial charge >= 0.3 is 0 Å². The minimum Gasteiger partial charge on any atom is -0.345 e. The van der Waals surface area contributed by atoms with Crippen LogP contribution in [0.3, 0.4) is 0 Å². The van der Waals surface area contributed by atoms with E-state index in [-0.39, 0.29) is 0 Å². The van der Waals surface area contributed by atoms with Gasteiger partial charge in [0.1, 0.15) is 5.65 Å². The molecule has 0 aliphatic rings. The maximum Gasteiger partial charge on any atom is 0.227 e. The van der Waals surface area contributed by atoms with Crippen LogP contribution in [-0.2, 0) is 0 Å². The Morgan fingerprint density at radius 3 is 2.79 bits per heavy atom. The molecule has 0 fully saturated rings. The van der Waals surface area contributed by atoms with E-state index in [9.17, 15) is 0 Å². The van der Waals surface area contributed by atoms with Crippen molar-refractivity contribution in [1.82, 2.24) is 19.9 Å². The zero-order valence-corrected chi connectivity index (χ0v) is 13.8. The zero-order chi connectivity index (χ0) is 16.5. The lowest BCUT2D eigenvalue weighted by molar-refractivity contribution is 1.17. The molecule has 2 N–H and O–H groups in total. The van der Waals surface area contributed by atoms with Crippen LogP contribution >= 0.6 is 23.2 Å². The highest BCUT2D eigenvalue weighted by Gasteiger charge is 2.10. The van der Waals surface area contributed by atoms with E-state index in [1.807, 2.05) is 24.4 Å². The first kappa shape index (κ1) is 14.9. The zero-order valence-electron chi connectivity index (χ0n) is 12.3. The summed E-state index contributed by atoms with van der Waals surface area (Å²) >= 11 is 12.1. The molecule has 1 aromatic carbocycles. The predicted octanol–water partition coefficient (Wildman–Crippen LogP) is 5.07. The van der Waals surface area contributed by atoms with Crippen molar-refractivity contribution < 1.29 is 0 Å². The maximum absolute atomic E-state index is 6.18. The molecule has 0 saturated carbocycles. The highest BCUT2D eigenvalue weighted by molar-refractivity contribution is 6.36. The molecule has 0 atom stereocenters. The van der Waals surface area contributed by atoms with E-state index >= 15 is 0 Å². The number of rotatable bonds is 3. The average Bonchev–Trinajstić information content (AvgIpc) is 3.02. The molecule has 0 aliphatic heterocycles. The van der Waals surface area contributed by atoms with Gasteiger partial charge in [0, 0.05) is 34.6 Å². The highest BCUT2D eigenvalue weighted by atomic mass is 35.5. The van der Waals surface area contributed by atoms with E-state index in [2.05, 4.69) is 25.3 Å². The summed E-state index contributed by atoms with van der Waals surface area (Å²) in [6.07, 6.45) is 5.33. The van der Waals surface area contributed by atoms with E-state index < -0.39 is 0 Å². The number of hydrogen-bond donors (Lipinski definition) is 2. The minimum atomic E-state index is 0.454. The number of aromatic nitrogens is 4. The average molecular weight is 356 g/mol. The van der Waals surface area contributed by atoms with Gasteiger partial charge in [0.15, 0.2) is 0 Å². The number of nitrogens with one attached hydrogen (secondary N) is 2. The first-order chi connectivity index (χ1) is 11.7. The summed E-state index contributed by atoms with van der Waals surface area (Å²) in [5.41, 5.74) is 3.27. The van der Waals surface area contributed by atoms with Crippen LogP contribution in [0.4, 0.5) is 11.6 Å². The second-order valence-electron chi connectivity index (χ2n) is 5.12. The second-order valence-corrected chi connectivity index (χ2v) is 5.96. The molecule has 24 heavy (non-hydrogen) atoms. The van der Waals surface area contributed by atoms with Crippen molar-refractivity contribution in [2.24, 2.45) is 0 Å². The third-order valence-electron chi connectivity index (χ3n) is 3.56. The van der Waals surface area contributed by atoms with E-state index in [4.69, 9.17) is 23.2 Å². The maximum atomic E-state index is 6.18. The van der Waals surface area contributed by atoms with E-state index in [0.717, 1.165) is 22.3 Å². The first-order valence-corrected chi connectivity index (χ1v) is 7.94. The first-order valence-electron chi connectivity index (χ1n) is 7.18. The SMILES string of the molecule is Clc1ccc(Nc2nccc(-c3c[nH]c4ncccc34)n2)c(Cl)c1. The molecule has 4 rings (SSSR count). The van der Waals surface area contributed by atoms with Crippen LogP contribution in [0.2, 0.25) is 10.0 Å². The Hall–Kier alpha value is -2.63.